The van der Waals surface area contributed by atoms with Crippen molar-refractivity contribution in [3.8, 4) is 0 Å². The highest BCUT2D eigenvalue weighted by Gasteiger charge is 2.27. The number of fused-ring (bicyclic) bond motifs is 1. The minimum absolute atomic E-state index is 0.0228. The van der Waals surface area contributed by atoms with E-state index in [9.17, 15) is 9.59 Å². The average molecular weight is 372 g/mol. The van der Waals surface area contributed by atoms with Gasteiger partial charge in [0.2, 0.25) is 11.8 Å². The lowest BCUT2D eigenvalue weighted by atomic mass is 10.1. The summed E-state index contributed by atoms with van der Waals surface area (Å²) in [5.41, 5.74) is 3.62. The first kappa shape index (κ1) is 18.4. The lowest BCUT2D eigenvalue weighted by Crippen LogP contribution is -2.28. The Bertz CT molecular complexity index is 820. The smallest absolute Gasteiger partial charge is 0.231 e. The van der Waals surface area contributed by atoms with Crippen LogP contribution in [0.2, 0.25) is 5.02 Å². The highest BCUT2D eigenvalue weighted by molar-refractivity contribution is 6.31. The maximum absolute atomic E-state index is 12.3. The number of amides is 2. The van der Waals surface area contributed by atoms with Crippen molar-refractivity contribution in [3.05, 3.63) is 58.6 Å². The van der Waals surface area contributed by atoms with Gasteiger partial charge in [0.25, 0.3) is 0 Å². The normalized spacial score (nSPS) is 14.3. The third kappa shape index (κ3) is 4.06. The number of hydrogen-bond donors (Lipinski definition) is 2. The predicted molar refractivity (Wildman–Crippen MR) is 105 cm³/mol. The van der Waals surface area contributed by atoms with Crippen molar-refractivity contribution < 1.29 is 9.59 Å². The molecule has 0 saturated carbocycles. The summed E-state index contributed by atoms with van der Waals surface area (Å²) < 4.78 is 0. The van der Waals surface area contributed by atoms with E-state index < -0.39 is 0 Å². The molecule has 0 aromatic heterocycles. The zero-order valence-corrected chi connectivity index (χ0v) is 15.6. The van der Waals surface area contributed by atoms with Crippen molar-refractivity contribution in [3.63, 3.8) is 0 Å². The Morgan fingerprint density at radius 2 is 1.96 bits per heavy atom. The molecule has 6 heteroatoms. The average Bonchev–Trinajstić information content (AvgIpc) is 2.92. The fraction of sp³-hybridized carbons (Fsp3) is 0.300. The van der Waals surface area contributed by atoms with E-state index in [-0.39, 0.29) is 17.7 Å². The summed E-state index contributed by atoms with van der Waals surface area (Å²) in [5, 5.41) is 6.52. The number of benzene rings is 2. The highest BCUT2D eigenvalue weighted by Crippen LogP contribution is 2.32. The lowest BCUT2D eigenvalue weighted by Gasteiger charge is -2.18. The predicted octanol–water partition coefficient (Wildman–Crippen LogP) is 3.22. The Morgan fingerprint density at radius 1 is 1.23 bits per heavy atom. The Labute approximate surface area is 158 Å². The molecule has 1 heterocycles. The van der Waals surface area contributed by atoms with E-state index in [0.717, 1.165) is 22.5 Å². The maximum Gasteiger partial charge on any atom is 0.231 e. The van der Waals surface area contributed by atoms with Crippen molar-refractivity contribution in [1.29, 1.82) is 0 Å². The second kappa shape index (κ2) is 7.89. The molecule has 5 nitrogen and oxygen atoms in total. The molecule has 2 amide bonds. The molecule has 0 radical (unpaired) electrons. The molecule has 1 aliphatic heterocycles. The van der Waals surface area contributed by atoms with E-state index in [1.54, 1.807) is 4.90 Å². The first-order chi connectivity index (χ1) is 12.5. The molecule has 1 unspecified atom stereocenters. The summed E-state index contributed by atoms with van der Waals surface area (Å²) in [6.07, 6.45) is 0.407. The van der Waals surface area contributed by atoms with Gasteiger partial charge >= 0.3 is 0 Å². The molecular formula is C20H22ClN3O2. The zero-order chi connectivity index (χ0) is 18.7. The lowest BCUT2D eigenvalue weighted by molar-refractivity contribution is -0.119. The van der Waals surface area contributed by atoms with Crippen LogP contribution in [0.25, 0.3) is 0 Å². The molecule has 1 aliphatic rings. The quantitative estimate of drug-likeness (QED) is 0.819. The Kier molecular flexibility index (Phi) is 5.59. The molecule has 0 bridgehead atoms. The standard InChI is InChI=1S/C20H22ClN3O2/c1-13(11-22-2)20(26)23-17-7-3-14(4-8-17)12-24-18-10-16(21)6-5-15(18)9-19(24)25/h3-8,10,13,22H,9,11-12H2,1-2H3,(H,23,26). The van der Waals surface area contributed by atoms with Crippen LogP contribution in [0.5, 0.6) is 0 Å². The minimum atomic E-state index is -0.108. The van der Waals surface area contributed by atoms with Crippen LogP contribution >= 0.6 is 11.6 Å². The summed E-state index contributed by atoms with van der Waals surface area (Å²) in [5.74, 6) is -0.0610. The summed E-state index contributed by atoms with van der Waals surface area (Å²) in [4.78, 5) is 26.1. The van der Waals surface area contributed by atoms with Crippen LogP contribution in [0.15, 0.2) is 42.5 Å². The largest absolute Gasteiger partial charge is 0.326 e. The van der Waals surface area contributed by atoms with Crippen LogP contribution < -0.4 is 15.5 Å². The van der Waals surface area contributed by atoms with Gasteiger partial charge in [-0.25, -0.2) is 0 Å². The molecule has 1 atom stereocenters. The van der Waals surface area contributed by atoms with Crippen molar-refractivity contribution in [2.24, 2.45) is 5.92 Å². The number of rotatable bonds is 6. The summed E-state index contributed by atoms with van der Waals surface area (Å²) in [7, 11) is 1.82. The van der Waals surface area contributed by atoms with Crippen molar-refractivity contribution >= 4 is 34.8 Å². The molecule has 0 aliphatic carbocycles. The Balaban J connectivity index is 1.68. The van der Waals surface area contributed by atoms with E-state index in [4.69, 9.17) is 11.6 Å². The van der Waals surface area contributed by atoms with Gasteiger partial charge in [-0.3, -0.25) is 9.59 Å². The fourth-order valence-electron chi connectivity index (χ4n) is 3.04. The third-order valence-electron chi connectivity index (χ3n) is 4.50. The summed E-state index contributed by atoms with van der Waals surface area (Å²) >= 11 is 6.07. The molecule has 2 aromatic rings. The first-order valence-electron chi connectivity index (χ1n) is 8.61. The maximum atomic E-state index is 12.3. The molecule has 0 spiro atoms. The molecule has 0 saturated heterocycles. The van der Waals surface area contributed by atoms with Gasteiger partial charge in [0.05, 0.1) is 13.0 Å². The van der Waals surface area contributed by atoms with E-state index in [0.29, 0.717) is 24.5 Å². The minimum Gasteiger partial charge on any atom is -0.326 e. The number of nitrogens with zero attached hydrogens (tertiary/aromatic N) is 1. The third-order valence-corrected chi connectivity index (χ3v) is 4.74. The number of nitrogens with one attached hydrogen (secondary N) is 2. The molecular weight excluding hydrogens is 350 g/mol. The van der Waals surface area contributed by atoms with Crippen LogP contribution in [0, 0.1) is 5.92 Å². The van der Waals surface area contributed by atoms with Crippen LogP contribution in [-0.2, 0) is 22.6 Å². The second-order valence-electron chi connectivity index (χ2n) is 6.57. The zero-order valence-electron chi connectivity index (χ0n) is 14.9. The van der Waals surface area contributed by atoms with Crippen LogP contribution in [0.4, 0.5) is 11.4 Å². The summed E-state index contributed by atoms with van der Waals surface area (Å²) in [6.45, 7) is 2.99. The van der Waals surface area contributed by atoms with E-state index in [1.165, 1.54) is 0 Å². The van der Waals surface area contributed by atoms with Gasteiger partial charge in [0.15, 0.2) is 0 Å². The van der Waals surface area contributed by atoms with Crippen LogP contribution in [0.3, 0.4) is 0 Å². The fourth-order valence-corrected chi connectivity index (χ4v) is 3.21. The van der Waals surface area contributed by atoms with Crippen molar-refractivity contribution in [1.82, 2.24) is 5.32 Å². The number of hydrogen-bond acceptors (Lipinski definition) is 3. The van der Waals surface area contributed by atoms with Gasteiger partial charge < -0.3 is 15.5 Å². The van der Waals surface area contributed by atoms with Gasteiger partial charge in [0.1, 0.15) is 0 Å². The van der Waals surface area contributed by atoms with E-state index in [2.05, 4.69) is 10.6 Å². The van der Waals surface area contributed by atoms with Crippen LogP contribution in [0.1, 0.15) is 18.1 Å². The van der Waals surface area contributed by atoms with Gasteiger partial charge in [-0.05, 0) is 42.4 Å². The Morgan fingerprint density at radius 3 is 2.65 bits per heavy atom. The van der Waals surface area contributed by atoms with Crippen LogP contribution in [-0.4, -0.2) is 25.4 Å². The van der Waals surface area contributed by atoms with Gasteiger partial charge in [-0.2, -0.15) is 0 Å². The van der Waals surface area contributed by atoms with Gasteiger partial charge in [0, 0.05) is 28.9 Å². The van der Waals surface area contributed by atoms with Crippen molar-refractivity contribution in [2.75, 3.05) is 23.8 Å². The molecule has 136 valence electrons. The molecule has 2 aromatic carbocycles. The SMILES string of the molecule is CNCC(C)C(=O)Nc1ccc(CN2C(=O)Cc3ccc(Cl)cc32)cc1. The number of halogens is 1. The molecule has 3 rings (SSSR count). The van der Waals surface area contributed by atoms with Crippen molar-refractivity contribution in [2.45, 2.75) is 19.9 Å². The van der Waals surface area contributed by atoms with Gasteiger partial charge in [-0.1, -0.05) is 36.7 Å². The second-order valence-corrected chi connectivity index (χ2v) is 7.01. The molecule has 26 heavy (non-hydrogen) atoms. The highest BCUT2D eigenvalue weighted by atomic mass is 35.5. The number of carbonyl (C=O) groups excluding carboxylic acids is 2. The van der Waals surface area contributed by atoms with Gasteiger partial charge in [-0.15, -0.1) is 0 Å². The van der Waals surface area contributed by atoms with E-state index >= 15 is 0 Å². The summed E-state index contributed by atoms with van der Waals surface area (Å²) in [6, 6.07) is 13.1. The molecule has 0 fully saturated rings. The topological polar surface area (TPSA) is 61.4 Å². The molecule has 2 N–H and O–H groups in total. The Hall–Kier alpha value is -2.37. The van der Waals surface area contributed by atoms with E-state index in [1.807, 2.05) is 56.4 Å². The number of carbonyl (C=O) groups is 2. The monoisotopic (exact) mass is 371 g/mol. The number of anilines is 2. The first-order valence-corrected chi connectivity index (χ1v) is 8.99.